The second-order valence-corrected chi connectivity index (χ2v) is 11.3. The third-order valence-electron chi connectivity index (χ3n) is 7.36. The third kappa shape index (κ3) is 10.7. The molecule has 0 aliphatic heterocycles. The molecule has 0 spiro atoms. The van der Waals surface area contributed by atoms with Crippen molar-refractivity contribution in [3.8, 4) is 5.75 Å². The molecule has 3 rings (SSSR count). The minimum atomic E-state index is -1.12. The maximum Gasteiger partial charge on any atom is 0.335 e. The first-order valence-electron chi connectivity index (χ1n) is 14.9. The monoisotopic (exact) mass is 632 g/mol. The number of phenols is 1. The number of benzene rings is 3. The van der Waals surface area contributed by atoms with Gasteiger partial charge in [-0.15, -0.1) is 0 Å². The summed E-state index contributed by atoms with van der Waals surface area (Å²) in [4.78, 5) is 63.2. The van der Waals surface area contributed by atoms with Crippen molar-refractivity contribution in [2.75, 3.05) is 5.32 Å². The van der Waals surface area contributed by atoms with E-state index in [4.69, 9.17) is 5.11 Å². The van der Waals surface area contributed by atoms with E-state index >= 15 is 0 Å². The normalized spacial score (nSPS) is 13.6. The number of aromatic carboxylic acids is 1. The van der Waals surface area contributed by atoms with Crippen LogP contribution in [0.15, 0.2) is 78.9 Å². The van der Waals surface area contributed by atoms with Crippen LogP contribution in [-0.2, 0) is 32.0 Å². The molecule has 3 aromatic rings. The molecule has 0 fully saturated rings. The van der Waals surface area contributed by atoms with Gasteiger partial charge in [-0.25, -0.2) is 4.79 Å². The number of carbonyl (C=O) groups is 5. The summed E-state index contributed by atoms with van der Waals surface area (Å²) in [7, 11) is 0. The first-order chi connectivity index (χ1) is 21.8. The predicted octanol–water partition coefficient (Wildman–Crippen LogP) is 2.96. The largest absolute Gasteiger partial charge is 0.508 e. The van der Waals surface area contributed by atoms with E-state index in [0.29, 0.717) is 17.7 Å². The van der Waals surface area contributed by atoms with Gasteiger partial charge in [0.2, 0.25) is 17.7 Å². The van der Waals surface area contributed by atoms with Crippen molar-refractivity contribution in [1.82, 2.24) is 16.0 Å². The minimum absolute atomic E-state index is 0.0304. The molecule has 3 amide bonds. The first kappa shape index (κ1) is 35.3. The number of hydrogen-bond donors (Lipinski definition) is 7. The van der Waals surface area contributed by atoms with E-state index in [1.807, 2.05) is 30.3 Å². The molecule has 0 aliphatic rings. The van der Waals surface area contributed by atoms with Crippen LogP contribution in [0.2, 0.25) is 0 Å². The van der Waals surface area contributed by atoms with Gasteiger partial charge in [0.05, 0.1) is 11.6 Å². The maximum absolute atomic E-state index is 13.5. The van der Waals surface area contributed by atoms with Crippen LogP contribution >= 0.6 is 0 Å². The zero-order valence-corrected chi connectivity index (χ0v) is 25.9. The van der Waals surface area contributed by atoms with Crippen molar-refractivity contribution < 1.29 is 39.3 Å². The van der Waals surface area contributed by atoms with Gasteiger partial charge in [0, 0.05) is 12.1 Å². The fourth-order valence-electron chi connectivity index (χ4n) is 4.69. The summed E-state index contributed by atoms with van der Waals surface area (Å²) in [6.45, 7) is 4.96. The highest BCUT2D eigenvalue weighted by molar-refractivity contribution is 5.99. The summed E-state index contributed by atoms with van der Waals surface area (Å²) < 4.78 is 0. The Labute approximate surface area is 267 Å². The summed E-state index contributed by atoms with van der Waals surface area (Å²) in [6, 6.07) is 16.9. The quantitative estimate of drug-likeness (QED) is 0.124. The average molecular weight is 633 g/mol. The van der Waals surface area contributed by atoms with Crippen molar-refractivity contribution in [2.45, 2.75) is 64.2 Å². The smallest absolute Gasteiger partial charge is 0.335 e. The van der Waals surface area contributed by atoms with Crippen LogP contribution in [0, 0.1) is 5.92 Å². The number of amides is 3. The average Bonchev–Trinajstić information content (AvgIpc) is 3.02. The fourth-order valence-corrected chi connectivity index (χ4v) is 4.69. The van der Waals surface area contributed by atoms with Crippen LogP contribution in [0.25, 0.3) is 0 Å². The number of nitrogens with one attached hydrogen (secondary N) is 4. The summed E-state index contributed by atoms with van der Waals surface area (Å²) in [6.07, 6.45) is 0.784. The molecule has 12 heteroatoms. The van der Waals surface area contributed by atoms with Crippen LogP contribution in [-0.4, -0.2) is 69.1 Å². The molecule has 0 saturated carbocycles. The summed E-state index contributed by atoms with van der Waals surface area (Å²) in [5.74, 6) is -4.39. The molecule has 0 aromatic heterocycles. The van der Waals surface area contributed by atoms with Crippen LogP contribution < -0.4 is 21.3 Å². The Morgan fingerprint density at radius 2 is 1.33 bits per heavy atom. The van der Waals surface area contributed by atoms with Gasteiger partial charge < -0.3 is 31.3 Å². The number of phenolic OH excluding ortho intramolecular Hbond substituents is 1. The fraction of sp³-hybridized carbons (Fsp3) is 0.324. The number of aryl methyl sites for hydroxylation is 1. The Bertz CT molecular complexity index is 1490. The highest BCUT2D eigenvalue weighted by atomic mass is 16.4. The standard InChI is InChI=1S/C34H40N4O8/c1-20(2)29(38-30(40)21(3)35-27(34(45)46)18-11-22-7-5-4-6-8-22)32(42)37-28(19-23-9-16-26(39)17-10-23)31(41)36-25-14-12-24(13-15-25)33(43)44/h4-10,12-17,20-21,27-29,35,39H,11,18-19H2,1-3H3,(H,36,41)(H,37,42)(H,38,40)(H,43,44)(H,45,46)/t21-,27+,28-,29-/m0/s1. The second-order valence-electron chi connectivity index (χ2n) is 11.3. The Morgan fingerprint density at radius 3 is 1.89 bits per heavy atom. The molecule has 244 valence electrons. The molecule has 4 atom stereocenters. The van der Waals surface area contributed by atoms with E-state index in [1.165, 1.54) is 43.3 Å². The van der Waals surface area contributed by atoms with Gasteiger partial charge in [-0.05, 0) is 73.2 Å². The number of rotatable bonds is 16. The summed E-state index contributed by atoms with van der Waals surface area (Å²) >= 11 is 0. The lowest BCUT2D eigenvalue weighted by Gasteiger charge is -2.27. The van der Waals surface area contributed by atoms with Crippen molar-refractivity contribution in [2.24, 2.45) is 5.92 Å². The highest BCUT2D eigenvalue weighted by Gasteiger charge is 2.31. The third-order valence-corrected chi connectivity index (χ3v) is 7.36. The first-order valence-corrected chi connectivity index (χ1v) is 14.9. The number of carbonyl (C=O) groups excluding carboxylic acids is 3. The lowest BCUT2D eigenvalue weighted by molar-refractivity contribution is -0.140. The second kappa shape index (κ2) is 16.7. The SMILES string of the molecule is CC(C)[C@H](NC(=O)[C@H](C)N[C@H](CCc1ccccc1)C(=O)O)C(=O)N[C@@H](Cc1ccc(O)cc1)C(=O)Nc1ccc(C(=O)O)cc1. The van der Waals surface area contributed by atoms with E-state index in [9.17, 15) is 34.2 Å². The number of aliphatic carboxylic acids is 1. The topological polar surface area (TPSA) is 194 Å². The number of hydrogen-bond acceptors (Lipinski definition) is 7. The number of carboxylic acid groups (broad SMARTS) is 2. The Balaban J connectivity index is 1.71. The van der Waals surface area contributed by atoms with Gasteiger partial charge in [-0.1, -0.05) is 56.3 Å². The number of aromatic hydroxyl groups is 1. The summed E-state index contributed by atoms with van der Waals surface area (Å²) in [5.41, 5.74) is 1.95. The van der Waals surface area contributed by atoms with Crippen LogP contribution in [0.1, 0.15) is 48.7 Å². The Hall–Kier alpha value is -5.23. The molecule has 0 radical (unpaired) electrons. The molecule has 0 aliphatic carbocycles. The van der Waals surface area contributed by atoms with Crippen LogP contribution in [0.4, 0.5) is 5.69 Å². The van der Waals surface area contributed by atoms with Crippen LogP contribution in [0.5, 0.6) is 5.75 Å². The predicted molar refractivity (Wildman–Crippen MR) is 171 cm³/mol. The zero-order chi connectivity index (χ0) is 33.8. The summed E-state index contributed by atoms with van der Waals surface area (Å²) in [5, 5.41) is 39.5. The van der Waals surface area contributed by atoms with Crippen molar-refractivity contribution in [3.63, 3.8) is 0 Å². The molecule has 0 unspecified atom stereocenters. The van der Waals surface area contributed by atoms with E-state index in [2.05, 4.69) is 21.3 Å². The Morgan fingerprint density at radius 1 is 0.696 bits per heavy atom. The Kier molecular flexibility index (Phi) is 12.8. The molecular formula is C34H40N4O8. The minimum Gasteiger partial charge on any atom is -0.508 e. The van der Waals surface area contributed by atoms with Gasteiger partial charge in [0.1, 0.15) is 23.9 Å². The number of anilines is 1. The lowest BCUT2D eigenvalue weighted by Crippen LogP contribution is -2.58. The molecular weight excluding hydrogens is 592 g/mol. The van der Waals surface area contributed by atoms with E-state index in [1.54, 1.807) is 26.0 Å². The van der Waals surface area contributed by atoms with E-state index < -0.39 is 59.7 Å². The molecule has 0 bridgehead atoms. The van der Waals surface area contributed by atoms with Crippen molar-refractivity contribution >= 4 is 35.3 Å². The van der Waals surface area contributed by atoms with Gasteiger partial charge in [0.15, 0.2) is 0 Å². The molecule has 0 heterocycles. The number of carboxylic acids is 2. The molecule has 46 heavy (non-hydrogen) atoms. The maximum atomic E-state index is 13.5. The van der Waals surface area contributed by atoms with Gasteiger partial charge in [0.25, 0.3) is 0 Å². The van der Waals surface area contributed by atoms with Gasteiger partial charge in [-0.3, -0.25) is 24.5 Å². The highest BCUT2D eigenvalue weighted by Crippen LogP contribution is 2.15. The van der Waals surface area contributed by atoms with Crippen LogP contribution in [0.3, 0.4) is 0 Å². The van der Waals surface area contributed by atoms with E-state index in [-0.39, 0.29) is 24.2 Å². The zero-order valence-electron chi connectivity index (χ0n) is 25.9. The molecule has 12 nitrogen and oxygen atoms in total. The van der Waals surface area contributed by atoms with E-state index in [0.717, 1.165) is 5.56 Å². The molecule has 0 saturated heterocycles. The van der Waals surface area contributed by atoms with Crippen molar-refractivity contribution in [3.05, 3.63) is 95.6 Å². The molecule has 7 N–H and O–H groups in total. The van der Waals surface area contributed by atoms with Gasteiger partial charge in [-0.2, -0.15) is 0 Å². The molecule has 3 aromatic carbocycles. The lowest BCUT2D eigenvalue weighted by atomic mass is 10.00. The van der Waals surface area contributed by atoms with Gasteiger partial charge >= 0.3 is 11.9 Å². The van der Waals surface area contributed by atoms with Crippen molar-refractivity contribution in [1.29, 1.82) is 0 Å².